The van der Waals surface area contributed by atoms with Crippen molar-refractivity contribution in [2.75, 3.05) is 13.2 Å². The predicted octanol–water partition coefficient (Wildman–Crippen LogP) is 4.07. The number of rotatable bonds is 7. The Bertz CT molecular complexity index is 421. The van der Waals surface area contributed by atoms with Crippen molar-refractivity contribution in [1.82, 2.24) is 5.32 Å². The van der Waals surface area contributed by atoms with E-state index in [-0.39, 0.29) is 5.82 Å². The number of likely N-dealkylation sites (N-methyl/N-ethyl adjacent to an activating group) is 1. The first-order chi connectivity index (χ1) is 9.69. The fraction of sp³-hybridized carbons (Fsp3) is 0.625. The van der Waals surface area contributed by atoms with Crippen LogP contribution in [0.2, 0.25) is 0 Å². The maximum absolute atomic E-state index is 13.9. The summed E-state index contributed by atoms with van der Waals surface area (Å²) in [5, 5.41) is 3.46. The lowest BCUT2D eigenvalue weighted by Crippen LogP contribution is -2.32. The highest BCUT2D eigenvalue weighted by Crippen LogP contribution is 2.21. The molecule has 2 unspecified atom stereocenters. The smallest absolute Gasteiger partial charge is 0.127 e. The van der Waals surface area contributed by atoms with Gasteiger partial charge in [0.25, 0.3) is 0 Å². The molecule has 1 heterocycles. The van der Waals surface area contributed by atoms with Crippen LogP contribution in [-0.4, -0.2) is 25.3 Å². The van der Waals surface area contributed by atoms with Gasteiger partial charge >= 0.3 is 0 Å². The summed E-state index contributed by atoms with van der Waals surface area (Å²) in [6, 6.07) is 5.63. The lowest BCUT2D eigenvalue weighted by molar-refractivity contribution is 0.0996. The molecule has 1 saturated heterocycles. The molecule has 0 aromatic heterocycles. The van der Waals surface area contributed by atoms with Gasteiger partial charge in [-0.3, -0.25) is 0 Å². The Kier molecular flexibility index (Phi) is 6.46. The Labute approximate surface area is 129 Å². The van der Waals surface area contributed by atoms with Crippen molar-refractivity contribution >= 4 is 15.9 Å². The second kappa shape index (κ2) is 8.11. The van der Waals surface area contributed by atoms with Crippen molar-refractivity contribution in [2.45, 2.75) is 51.2 Å². The predicted molar refractivity (Wildman–Crippen MR) is 83.5 cm³/mol. The molecule has 2 atom stereocenters. The summed E-state index contributed by atoms with van der Waals surface area (Å²) < 4.78 is 20.4. The fourth-order valence-corrected chi connectivity index (χ4v) is 3.11. The zero-order chi connectivity index (χ0) is 14.4. The van der Waals surface area contributed by atoms with Crippen LogP contribution in [0.3, 0.4) is 0 Å². The highest BCUT2D eigenvalue weighted by atomic mass is 79.9. The molecule has 0 bridgehead atoms. The Hall–Kier alpha value is -0.450. The minimum atomic E-state index is -0.126. The molecule has 1 fully saturated rings. The van der Waals surface area contributed by atoms with Gasteiger partial charge in [-0.15, -0.1) is 0 Å². The molecule has 112 valence electrons. The number of nitrogens with one attached hydrogen (secondary N) is 1. The molecular formula is C16H23BrFNO. The zero-order valence-corrected chi connectivity index (χ0v) is 13.6. The molecule has 0 radical (unpaired) electrons. The van der Waals surface area contributed by atoms with E-state index in [0.29, 0.717) is 12.1 Å². The van der Waals surface area contributed by atoms with Crippen molar-refractivity contribution in [3.05, 3.63) is 34.1 Å². The summed E-state index contributed by atoms with van der Waals surface area (Å²) in [6.07, 6.45) is 5.60. The molecule has 1 aliphatic rings. The molecular weight excluding hydrogens is 321 g/mol. The molecule has 0 saturated carbocycles. The first kappa shape index (κ1) is 15.9. The maximum atomic E-state index is 13.9. The average molecular weight is 344 g/mol. The van der Waals surface area contributed by atoms with E-state index in [0.717, 1.165) is 42.5 Å². The topological polar surface area (TPSA) is 21.3 Å². The third-order valence-corrected chi connectivity index (χ3v) is 4.33. The largest absolute Gasteiger partial charge is 0.378 e. The standard InChI is InChI=1S/C16H23BrFNO/c1-2-19-14(7-8-15-4-3-9-20-15)10-12-5-6-13(17)11-16(12)18/h5-6,11,14-15,19H,2-4,7-10H2,1H3. The van der Waals surface area contributed by atoms with Gasteiger partial charge in [-0.1, -0.05) is 28.9 Å². The summed E-state index contributed by atoms with van der Waals surface area (Å²) in [5.74, 6) is -0.126. The van der Waals surface area contributed by atoms with Crippen LogP contribution in [0.4, 0.5) is 4.39 Å². The van der Waals surface area contributed by atoms with Crippen LogP contribution in [0.5, 0.6) is 0 Å². The van der Waals surface area contributed by atoms with Crippen molar-refractivity contribution < 1.29 is 9.13 Å². The first-order valence-corrected chi connectivity index (χ1v) is 8.27. The van der Waals surface area contributed by atoms with E-state index in [1.165, 1.54) is 12.8 Å². The van der Waals surface area contributed by atoms with Crippen molar-refractivity contribution in [3.8, 4) is 0 Å². The second-order valence-electron chi connectivity index (χ2n) is 5.41. The van der Waals surface area contributed by atoms with Crippen molar-refractivity contribution in [2.24, 2.45) is 0 Å². The molecule has 1 N–H and O–H groups in total. The van der Waals surface area contributed by atoms with Crippen LogP contribution in [0.25, 0.3) is 0 Å². The third kappa shape index (κ3) is 4.83. The SMILES string of the molecule is CCNC(CCC1CCCO1)Cc1ccc(Br)cc1F. The van der Waals surface area contributed by atoms with Gasteiger partial charge in [-0.25, -0.2) is 4.39 Å². The fourth-order valence-electron chi connectivity index (χ4n) is 2.78. The van der Waals surface area contributed by atoms with E-state index < -0.39 is 0 Å². The van der Waals surface area contributed by atoms with E-state index in [9.17, 15) is 4.39 Å². The molecule has 1 aromatic rings. The van der Waals surface area contributed by atoms with E-state index in [2.05, 4.69) is 28.2 Å². The minimum absolute atomic E-state index is 0.126. The third-order valence-electron chi connectivity index (χ3n) is 3.84. The molecule has 4 heteroatoms. The summed E-state index contributed by atoms with van der Waals surface area (Å²) in [4.78, 5) is 0. The molecule has 20 heavy (non-hydrogen) atoms. The number of halogens is 2. The van der Waals surface area contributed by atoms with Crippen LogP contribution >= 0.6 is 15.9 Å². The van der Waals surface area contributed by atoms with E-state index in [1.54, 1.807) is 6.07 Å². The molecule has 1 aromatic carbocycles. The second-order valence-corrected chi connectivity index (χ2v) is 6.32. The number of hydrogen-bond donors (Lipinski definition) is 1. The van der Waals surface area contributed by atoms with Gasteiger partial charge in [0.2, 0.25) is 0 Å². The van der Waals surface area contributed by atoms with E-state index in [4.69, 9.17) is 4.74 Å². The zero-order valence-electron chi connectivity index (χ0n) is 12.0. The summed E-state index contributed by atoms with van der Waals surface area (Å²) in [6.45, 7) is 3.91. The van der Waals surface area contributed by atoms with Gasteiger partial charge in [0, 0.05) is 17.1 Å². The summed E-state index contributed by atoms with van der Waals surface area (Å²) >= 11 is 3.30. The number of hydrogen-bond acceptors (Lipinski definition) is 2. The Morgan fingerprint density at radius 2 is 2.35 bits per heavy atom. The molecule has 0 spiro atoms. The van der Waals surface area contributed by atoms with Gasteiger partial charge in [0.1, 0.15) is 5.82 Å². The molecule has 1 aliphatic heterocycles. The molecule has 0 aliphatic carbocycles. The van der Waals surface area contributed by atoms with Gasteiger partial charge in [-0.05, 0) is 56.3 Å². The molecule has 2 rings (SSSR count). The van der Waals surface area contributed by atoms with Crippen LogP contribution in [0.1, 0.15) is 38.2 Å². The van der Waals surface area contributed by atoms with Crippen LogP contribution in [0, 0.1) is 5.82 Å². The Morgan fingerprint density at radius 3 is 3.00 bits per heavy atom. The van der Waals surface area contributed by atoms with E-state index in [1.807, 2.05) is 12.1 Å². The minimum Gasteiger partial charge on any atom is -0.378 e. The normalized spacial score (nSPS) is 20.2. The van der Waals surface area contributed by atoms with Crippen molar-refractivity contribution in [3.63, 3.8) is 0 Å². The van der Waals surface area contributed by atoms with Crippen LogP contribution < -0.4 is 5.32 Å². The van der Waals surface area contributed by atoms with Gasteiger partial charge < -0.3 is 10.1 Å². The first-order valence-electron chi connectivity index (χ1n) is 7.48. The van der Waals surface area contributed by atoms with Gasteiger partial charge in [0.15, 0.2) is 0 Å². The van der Waals surface area contributed by atoms with Crippen LogP contribution in [0.15, 0.2) is 22.7 Å². The Balaban J connectivity index is 1.90. The highest BCUT2D eigenvalue weighted by molar-refractivity contribution is 9.10. The van der Waals surface area contributed by atoms with E-state index >= 15 is 0 Å². The summed E-state index contributed by atoms with van der Waals surface area (Å²) in [5.41, 5.74) is 0.784. The van der Waals surface area contributed by atoms with Crippen LogP contribution in [-0.2, 0) is 11.2 Å². The number of benzene rings is 1. The van der Waals surface area contributed by atoms with Gasteiger partial charge in [-0.2, -0.15) is 0 Å². The molecule has 0 amide bonds. The quantitative estimate of drug-likeness (QED) is 0.805. The number of ether oxygens (including phenoxy) is 1. The lowest BCUT2D eigenvalue weighted by atomic mass is 9.99. The van der Waals surface area contributed by atoms with Gasteiger partial charge in [0.05, 0.1) is 6.10 Å². The molecule has 2 nitrogen and oxygen atoms in total. The lowest BCUT2D eigenvalue weighted by Gasteiger charge is -2.20. The average Bonchev–Trinajstić information content (AvgIpc) is 2.92. The Morgan fingerprint density at radius 1 is 1.50 bits per heavy atom. The monoisotopic (exact) mass is 343 g/mol. The summed E-state index contributed by atoms with van der Waals surface area (Å²) in [7, 11) is 0. The highest BCUT2D eigenvalue weighted by Gasteiger charge is 2.18. The maximum Gasteiger partial charge on any atom is 0.127 e. The van der Waals surface area contributed by atoms with Crippen molar-refractivity contribution in [1.29, 1.82) is 0 Å².